The number of para-hydroxylation sites is 2. The van der Waals surface area contributed by atoms with E-state index in [9.17, 15) is 5.21 Å². The third kappa shape index (κ3) is 5.46. The molecule has 0 aliphatic carbocycles. The number of nitrogens with one attached hydrogen (secondary N) is 1. The van der Waals surface area contributed by atoms with E-state index in [1.165, 1.54) is 5.06 Å². The summed E-state index contributed by atoms with van der Waals surface area (Å²) in [6, 6.07) is 56.6. The lowest BCUT2D eigenvalue weighted by Gasteiger charge is -2.21. The number of rotatable bonds is 7. The highest BCUT2D eigenvalue weighted by molar-refractivity contribution is 6.05. The van der Waals surface area contributed by atoms with Crippen LogP contribution in [0.15, 0.2) is 170 Å². The van der Waals surface area contributed by atoms with Crippen molar-refractivity contribution in [2.75, 3.05) is 5.06 Å². The molecule has 0 bridgehead atoms. The molecule has 0 radical (unpaired) electrons. The van der Waals surface area contributed by atoms with Crippen molar-refractivity contribution >= 4 is 22.3 Å². The Morgan fingerprint density at radius 3 is 1.81 bits per heavy atom. The lowest BCUT2D eigenvalue weighted by atomic mass is 9.97. The van der Waals surface area contributed by atoms with Gasteiger partial charge in [0.1, 0.15) is 0 Å². The molecule has 0 saturated heterocycles. The molecule has 2 N–H and O–H groups in total. The van der Waals surface area contributed by atoms with Crippen LogP contribution in [0, 0.1) is 0 Å². The second-order valence-electron chi connectivity index (χ2n) is 11.4. The van der Waals surface area contributed by atoms with E-state index in [1.807, 2.05) is 115 Å². The highest BCUT2D eigenvalue weighted by atomic mass is 16.5. The van der Waals surface area contributed by atoms with Crippen LogP contribution in [0.25, 0.3) is 67.2 Å². The standard InChI is InChI=1S/C42H30N4O/c47-46(39-26-13-11-24-35(39)41-40(30-17-6-2-7-18-30)34-23-10-12-25-36(34)43-41)33-22-14-21-32(27-33)38-28-37(29-15-4-1-5-16-29)44-42(45-38)31-19-8-3-9-20-31/h1-28,43,47H. The largest absolute Gasteiger partial charge is 0.354 e. The molecule has 5 nitrogen and oxygen atoms in total. The van der Waals surface area contributed by atoms with E-state index >= 15 is 0 Å². The maximum atomic E-state index is 11.9. The number of hydrogen-bond donors (Lipinski definition) is 2. The molecule has 0 fully saturated rings. The maximum absolute atomic E-state index is 11.9. The third-order valence-corrected chi connectivity index (χ3v) is 8.38. The first-order valence-corrected chi connectivity index (χ1v) is 15.6. The Kier molecular flexibility index (Phi) is 7.34. The van der Waals surface area contributed by atoms with Crippen LogP contribution in [0.5, 0.6) is 0 Å². The van der Waals surface area contributed by atoms with E-state index in [1.54, 1.807) is 0 Å². The zero-order valence-corrected chi connectivity index (χ0v) is 25.5. The van der Waals surface area contributed by atoms with Gasteiger partial charge in [-0.1, -0.05) is 140 Å². The highest BCUT2D eigenvalue weighted by Gasteiger charge is 2.20. The van der Waals surface area contributed by atoms with Gasteiger partial charge in [0.15, 0.2) is 5.82 Å². The Balaban J connectivity index is 1.23. The minimum atomic E-state index is 0.619. The van der Waals surface area contributed by atoms with Gasteiger partial charge in [-0.15, -0.1) is 0 Å². The summed E-state index contributed by atoms with van der Waals surface area (Å²) in [4.78, 5) is 13.6. The first-order valence-electron chi connectivity index (χ1n) is 15.6. The Hall–Kier alpha value is -6.30. The Bertz CT molecular complexity index is 2260. The summed E-state index contributed by atoms with van der Waals surface area (Å²) in [6.45, 7) is 0. The van der Waals surface area contributed by atoms with Crippen molar-refractivity contribution in [3.63, 3.8) is 0 Å². The summed E-state index contributed by atoms with van der Waals surface area (Å²) in [6.07, 6.45) is 0. The molecule has 5 heteroatoms. The first-order chi connectivity index (χ1) is 23.2. The second kappa shape index (κ2) is 12.2. The van der Waals surface area contributed by atoms with E-state index in [4.69, 9.17) is 9.97 Å². The quantitative estimate of drug-likeness (QED) is 0.177. The molecule has 0 spiro atoms. The monoisotopic (exact) mass is 606 g/mol. The van der Waals surface area contributed by atoms with Crippen LogP contribution in [0.4, 0.5) is 11.4 Å². The van der Waals surface area contributed by atoms with Gasteiger partial charge in [0, 0.05) is 38.7 Å². The highest BCUT2D eigenvalue weighted by Crippen LogP contribution is 2.43. The van der Waals surface area contributed by atoms with Gasteiger partial charge in [0.05, 0.1) is 28.5 Å². The van der Waals surface area contributed by atoms with Crippen LogP contribution in [0.2, 0.25) is 0 Å². The number of nitrogens with zero attached hydrogens (tertiary/aromatic N) is 3. The maximum Gasteiger partial charge on any atom is 0.160 e. The van der Waals surface area contributed by atoms with Crippen LogP contribution in [0.1, 0.15) is 0 Å². The van der Waals surface area contributed by atoms with Crippen LogP contribution in [0.3, 0.4) is 0 Å². The molecule has 0 saturated carbocycles. The van der Waals surface area contributed by atoms with E-state index in [0.717, 1.165) is 61.4 Å². The molecule has 8 rings (SSSR count). The molecular weight excluding hydrogens is 576 g/mol. The third-order valence-electron chi connectivity index (χ3n) is 8.38. The Labute approximate surface area is 273 Å². The average Bonchev–Trinajstić information content (AvgIpc) is 3.55. The summed E-state index contributed by atoms with van der Waals surface area (Å²) in [7, 11) is 0. The lowest BCUT2D eigenvalue weighted by molar-refractivity contribution is 0.301. The number of hydrogen-bond acceptors (Lipinski definition) is 4. The molecule has 2 aromatic heterocycles. The lowest BCUT2D eigenvalue weighted by Crippen LogP contribution is -2.12. The summed E-state index contributed by atoms with van der Waals surface area (Å²) < 4.78 is 0. The van der Waals surface area contributed by atoms with Crippen LogP contribution >= 0.6 is 0 Å². The molecule has 0 atom stereocenters. The van der Waals surface area contributed by atoms with Gasteiger partial charge >= 0.3 is 0 Å². The minimum absolute atomic E-state index is 0.619. The smallest absolute Gasteiger partial charge is 0.160 e. The average molecular weight is 607 g/mol. The molecule has 47 heavy (non-hydrogen) atoms. The summed E-state index contributed by atoms with van der Waals surface area (Å²) in [5.41, 5.74) is 10.8. The van der Waals surface area contributed by atoms with Crippen molar-refractivity contribution < 1.29 is 5.21 Å². The van der Waals surface area contributed by atoms with Gasteiger partial charge in [-0.25, -0.2) is 15.0 Å². The summed E-state index contributed by atoms with van der Waals surface area (Å²) >= 11 is 0. The van der Waals surface area contributed by atoms with Crippen molar-refractivity contribution in [2.24, 2.45) is 0 Å². The number of aromatic amines is 1. The fourth-order valence-electron chi connectivity index (χ4n) is 6.12. The molecular formula is C42H30N4O. The van der Waals surface area contributed by atoms with Crippen molar-refractivity contribution in [1.82, 2.24) is 15.0 Å². The van der Waals surface area contributed by atoms with Crippen molar-refractivity contribution in [3.8, 4) is 56.3 Å². The molecule has 6 aromatic carbocycles. The van der Waals surface area contributed by atoms with Gasteiger partial charge in [-0.2, -0.15) is 0 Å². The fourth-order valence-corrected chi connectivity index (χ4v) is 6.12. The van der Waals surface area contributed by atoms with Crippen molar-refractivity contribution in [1.29, 1.82) is 0 Å². The van der Waals surface area contributed by atoms with Gasteiger partial charge < -0.3 is 4.98 Å². The molecule has 0 aliphatic rings. The number of anilines is 2. The molecule has 0 amide bonds. The minimum Gasteiger partial charge on any atom is -0.354 e. The predicted molar refractivity (Wildman–Crippen MR) is 191 cm³/mol. The SMILES string of the molecule is ON(c1cccc(-c2cc(-c3ccccc3)nc(-c3ccccc3)n2)c1)c1ccccc1-c1[nH]c2ccccc2c1-c1ccccc1. The normalized spacial score (nSPS) is 11.1. The zero-order chi connectivity index (χ0) is 31.6. The zero-order valence-electron chi connectivity index (χ0n) is 25.5. The number of fused-ring (bicyclic) bond motifs is 1. The summed E-state index contributed by atoms with van der Waals surface area (Å²) in [5, 5.41) is 14.3. The molecule has 224 valence electrons. The van der Waals surface area contributed by atoms with Crippen molar-refractivity contribution in [3.05, 3.63) is 170 Å². The van der Waals surface area contributed by atoms with Gasteiger partial charge in [0.2, 0.25) is 0 Å². The van der Waals surface area contributed by atoms with Crippen LogP contribution < -0.4 is 5.06 Å². The van der Waals surface area contributed by atoms with Crippen LogP contribution in [-0.4, -0.2) is 20.2 Å². The molecule has 0 unspecified atom stereocenters. The number of benzene rings is 6. The molecule has 2 heterocycles. The fraction of sp³-hybridized carbons (Fsp3) is 0. The van der Waals surface area contributed by atoms with Gasteiger partial charge in [0.25, 0.3) is 0 Å². The van der Waals surface area contributed by atoms with E-state index < -0.39 is 0 Å². The second-order valence-corrected chi connectivity index (χ2v) is 11.4. The van der Waals surface area contributed by atoms with Crippen LogP contribution in [-0.2, 0) is 0 Å². The van der Waals surface area contributed by atoms with Crippen molar-refractivity contribution in [2.45, 2.75) is 0 Å². The van der Waals surface area contributed by atoms with E-state index in [0.29, 0.717) is 17.2 Å². The Morgan fingerprint density at radius 2 is 1.06 bits per heavy atom. The molecule has 8 aromatic rings. The topological polar surface area (TPSA) is 65.0 Å². The Morgan fingerprint density at radius 1 is 0.489 bits per heavy atom. The van der Waals surface area contributed by atoms with E-state index in [2.05, 4.69) is 59.6 Å². The van der Waals surface area contributed by atoms with Gasteiger partial charge in [-0.3, -0.25) is 5.21 Å². The summed E-state index contributed by atoms with van der Waals surface area (Å²) in [5.74, 6) is 0.644. The predicted octanol–water partition coefficient (Wildman–Crippen LogP) is 10.8. The van der Waals surface area contributed by atoms with Gasteiger partial charge in [-0.05, 0) is 35.9 Å². The molecule has 0 aliphatic heterocycles. The number of aromatic nitrogens is 3. The number of H-pyrrole nitrogens is 1. The first kappa shape index (κ1) is 28.2. The van der Waals surface area contributed by atoms with E-state index in [-0.39, 0.29) is 0 Å².